The molecule has 0 bridgehead atoms. The lowest BCUT2D eigenvalue weighted by atomic mass is 10.2. The van der Waals surface area contributed by atoms with E-state index in [9.17, 15) is 4.79 Å². The van der Waals surface area contributed by atoms with Crippen molar-refractivity contribution in [3.8, 4) is 5.75 Å². The largest absolute Gasteiger partial charge is 0.488 e. The Morgan fingerprint density at radius 2 is 1.94 bits per heavy atom. The van der Waals surface area contributed by atoms with E-state index in [-0.39, 0.29) is 0 Å². The van der Waals surface area contributed by atoms with Crippen LogP contribution in [0.15, 0.2) is 28.7 Å². The molecule has 0 heterocycles. The van der Waals surface area contributed by atoms with Crippen molar-refractivity contribution in [2.75, 3.05) is 7.11 Å². The topological polar surface area (TPSA) is 61.5 Å². The molecule has 88 valence electrons. The van der Waals surface area contributed by atoms with Crippen LogP contribution in [0.5, 0.6) is 5.75 Å². The molecule has 16 heavy (non-hydrogen) atoms. The van der Waals surface area contributed by atoms with Crippen molar-refractivity contribution in [1.82, 2.24) is 0 Å². The Morgan fingerprint density at radius 3 is 2.44 bits per heavy atom. The first kappa shape index (κ1) is 13.0. The van der Waals surface area contributed by atoms with E-state index >= 15 is 0 Å². The highest BCUT2D eigenvalue weighted by molar-refractivity contribution is 9.10. The van der Waals surface area contributed by atoms with E-state index < -0.39 is 18.1 Å². The minimum absolute atomic E-state index is 0.436. The van der Waals surface area contributed by atoms with Crippen LogP contribution in [0.3, 0.4) is 0 Å². The molecule has 5 heteroatoms. The fraction of sp³-hybridized carbons (Fsp3) is 0.364. The molecule has 2 N–H and O–H groups in total. The maximum absolute atomic E-state index is 11.2. The first-order valence-corrected chi connectivity index (χ1v) is 5.59. The molecular formula is C11H14BrNO3. The third-order valence-electron chi connectivity index (χ3n) is 2.11. The van der Waals surface area contributed by atoms with Crippen LogP contribution >= 0.6 is 15.9 Å². The first-order valence-electron chi connectivity index (χ1n) is 4.80. The van der Waals surface area contributed by atoms with Crippen LogP contribution in [-0.4, -0.2) is 25.2 Å². The molecule has 0 amide bonds. The summed E-state index contributed by atoms with van der Waals surface area (Å²) in [6, 6.07) is 6.51. The summed E-state index contributed by atoms with van der Waals surface area (Å²) in [5, 5.41) is 0. The van der Waals surface area contributed by atoms with Gasteiger partial charge in [0.2, 0.25) is 0 Å². The molecule has 0 aliphatic heterocycles. The fourth-order valence-electron chi connectivity index (χ4n) is 1.13. The lowest BCUT2D eigenvalue weighted by Gasteiger charge is -2.19. The van der Waals surface area contributed by atoms with Crippen LogP contribution in [0.4, 0.5) is 0 Å². The fourth-order valence-corrected chi connectivity index (χ4v) is 1.39. The lowest BCUT2D eigenvalue weighted by molar-refractivity contribution is -0.144. The lowest BCUT2D eigenvalue weighted by Crippen LogP contribution is -2.44. The van der Waals surface area contributed by atoms with Crippen molar-refractivity contribution >= 4 is 21.9 Å². The molecule has 4 nitrogen and oxygen atoms in total. The van der Waals surface area contributed by atoms with E-state index in [1.807, 2.05) is 12.1 Å². The number of carbonyl (C=O) groups is 1. The maximum atomic E-state index is 11.2. The van der Waals surface area contributed by atoms with Gasteiger partial charge in [-0.15, -0.1) is 0 Å². The Kier molecular flexibility index (Phi) is 4.76. The molecule has 0 radical (unpaired) electrons. The van der Waals surface area contributed by atoms with Crippen molar-refractivity contribution < 1.29 is 14.3 Å². The molecule has 0 fully saturated rings. The zero-order valence-electron chi connectivity index (χ0n) is 9.14. The summed E-state index contributed by atoms with van der Waals surface area (Å²) in [7, 11) is 1.30. The summed E-state index contributed by atoms with van der Waals surface area (Å²) in [6.07, 6.45) is -0.436. The molecule has 0 aromatic heterocycles. The number of esters is 1. The average molecular weight is 288 g/mol. The highest BCUT2D eigenvalue weighted by atomic mass is 79.9. The number of methoxy groups -OCH3 is 1. The first-order chi connectivity index (χ1) is 7.54. The summed E-state index contributed by atoms with van der Waals surface area (Å²) >= 11 is 3.32. The summed E-state index contributed by atoms with van der Waals surface area (Å²) < 4.78 is 11.0. The van der Waals surface area contributed by atoms with Crippen molar-refractivity contribution in [3.05, 3.63) is 28.7 Å². The molecule has 1 aromatic carbocycles. The molecule has 1 rings (SSSR count). The number of nitrogens with two attached hydrogens (primary N) is 1. The van der Waals surface area contributed by atoms with Crippen molar-refractivity contribution in [1.29, 1.82) is 0 Å². The molecule has 2 unspecified atom stereocenters. The van der Waals surface area contributed by atoms with Crippen molar-refractivity contribution in [2.45, 2.75) is 19.1 Å². The number of carbonyl (C=O) groups excluding carboxylic acids is 1. The van der Waals surface area contributed by atoms with Crippen LogP contribution < -0.4 is 10.5 Å². The van der Waals surface area contributed by atoms with E-state index in [2.05, 4.69) is 20.7 Å². The predicted molar refractivity (Wildman–Crippen MR) is 64.2 cm³/mol. The smallest absolute Gasteiger partial charge is 0.326 e. The van der Waals surface area contributed by atoms with Gasteiger partial charge in [-0.1, -0.05) is 15.9 Å². The normalized spacial score (nSPS) is 14.0. The van der Waals surface area contributed by atoms with Gasteiger partial charge in [0.25, 0.3) is 0 Å². The van der Waals surface area contributed by atoms with Crippen LogP contribution in [0, 0.1) is 0 Å². The van der Waals surface area contributed by atoms with E-state index in [4.69, 9.17) is 10.5 Å². The van der Waals surface area contributed by atoms with Gasteiger partial charge in [0.1, 0.15) is 17.9 Å². The van der Waals surface area contributed by atoms with Crippen LogP contribution in [0.2, 0.25) is 0 Å². The minimum atomic E-state index is -0.784. The summed E-state index contributed by atoms with van der Waals surface area (Å²) in [4.78, 5) is 11.2. The van der Waals surface area contributed by atoms with Crippen molar-refractivity contribution in [2.24, 2.45) is 5.73 Å². The molecule has 2 atom stereocenters. The maximum Gasteiger partial charge on any atom is 0.326 e. The molecule has 0 aliphatic carbocycles. The van der Waals surface area contributed by atoms with Crippen LogP contribution in [-0.2, 0) is 9.53 Å². The van der Waals surface area contributed by atoms with E-state index in [1.54, 1.807) is 19.1 Å². The Hall–Kier alpha value is -1.07. The number of hydrogen-bond acceptors (Lipinski definition) is 4. The van der Waals surface area contributed by atoms with Gasteiger partial charge in [0.15, 0.2) is 0 Å². The van der Waals surface area contributed by atoms with Gasteiger partial charge in [-0.25, -0.2) is 0 Å². The molecule has 1 aromatic rings. The minimum Gasteiger partial charge on any atom is -0.488 e. The second-order valence-electron chi connectivity index (χ2n) is 3.33. The molecule has 0 saturated carbocycles. The number of rotatable bonds is 4. The van der Waals surface area contributed by atoms with Gasteiger partial charge in [-0.05, 0) is 31.2 Å². The average Bonchev–Trinajstić information content (AvgIpc) is 2.30. The number of hydrogen-bond donors (Lipinski definition) is 1. The zero-order chi connectivity index (χ0) is 12.1. The van der Waals surface area contributed by atoms with Crippen LogP contribution in [0.25, 0.3) is 0 Å². The standard InChI is InChI=1S/C11H14BrNO3/c1-7(10(13)11(14)15-2)16-9-5-3-8(12)4-6-9/h3-7,10H,13H2,1-2H3. The monoisotopic (exact) mass is 287 g/mol. The summed E-state index contributed by atoms with van der Waals surface area (Å²) in [5.41, 5.74) is 5.64. The Balaban J connectivity index is 2.60. The second kappa shape index (κ2) is 5.86. The van der Waals surface area contributed by atoms with Crippen molar-refractivity contribution in [3.63, 3.8) is 0 Å². The molecule has 0 saturated heterocycles. The quantitative estimate of drug-likeness (QED) is 0.857. The van der Waals surface area contributed by atoms with Gasteiger partial charge in [0, 0.05) is 4.47 Å². The Labute approximate surface area is 103 Å². The summed E-state index contributed by atoms with van der Waals surface area (Å²) in [5.74, 6) is 0.180. The Bertz CT molecular complexity index is 353. The SMILES string of the molecule is COC(=O)C(N)C(C)Oc1ccc(Br)cc1. The Morgan fingerprint density at radius 1 is 1.38 bits per heavy atom. The van der Waals surface area contributed by atoms with Gasteiger partial charge in [0.05, 0.1) is 7.11 Å². The number of ether oxygens (including phenoxy) is 2. The highest BCUT2D eigenvalue weighted by Gasteiger charge is 2.22. The third kappa shape index (κ3) is 3.50. The van der Waals surface area contributed by atoms with E-state index in [0.717, 1.165) is 4.47 Å². The number of benzene rings is 1. The summed E-state index contributed by atoms with van der Waals surface area (Å²) in [6.45, 7) is 1.73. The predicted octanol–water partition coefficient (Wildman–Crippen LogP) is 1.72. The second-order valence-corrected chi connectivity index (χ2v) is 4.24. The third-order valence-corrected chi connectivity index (χ3v) is 2.64. The van der Waals surface area contributed by atoms with Gasteiger partial charge in [-0.2, -0.15) is 0 Å². The molecule has 0 spiro atoms. The van der Waals surface area contributed by atoms with Crippen LogP contribution in [0.1, 0.15) is 6.92 Å². The zero-order valence-corrected chi connectivity index (χ0v) is 10.7. The van der Waals surface area contributed by atoms with Gasteiger partial charge in [-0.3, -0.25) is 4.79 Å². The van der Waals surface area contributed by atoms with E-state index in [0.29, 0.717) is 5.75 Å². The number of halogens is 1. The highest BCUT2D eigenvalue weighted by Crippen LogP contribution is 2.17. The molecule has 0 aliphatic rings. The van der Waals surface area contributed by atoms with Gasteiger partial charge < -0.3 is 15.2 Å². The van der Waals surface area contributed by atoms with E-state index in [1.165, 1.54) is 7.11 Å². The van der Waals surface area contributed by atoms with Gasteiger partial charge >= 0.3 is 5.97 Å². The molecular weight excluding hydrogens is 274 g/mol.